The van der Waals surface area contributed by atoms with Crippen LogP contribution in [-0.4, -0.2) is 18.0 Å². The number of benzene rings is 1. The fraction of sp³-hybridized carbons (Fsp3) is 0.176. The highest BCUT2D eigenvalue weighted by atomic mass is 35.5. The van der Waals surface area contributed by atoms with Crippen molar-refractivity contribution in [1.82, 2.24) is 5.32 Å². The number of halogens is 1. The van der Waals surface area contributed by atoms with Gasteiger partial charge in [-0.2, -0.15) is 0 Å². The Bertz CT molecular complexity index is 698. The zero-order valence-electron chi connectivity index (χ0n) is 12.5. The van der Waals surface area contributed by atoms with Gasteiger partial charge in [0.1, 0.15) is 0 Å². The second-order valence-corrected chi connectivity index (χ2v) is 6.12. The van der Waals surface area contributed by atoms with E-state index in [1.807, 2.05) is 35.7 Å². The van der Waals surface area contributed by atoms with E-state index in [4.69, 9.17) is 16.3 Å². The lowest BCUT2D eigenvalue weighted by Crippen LogP contribution is -2.35. The van der Waals surface area contributed by atoms with Crippen LogP contribution in [0.15, 0.2) is 47.9 Å². The Labute approximate surface area is 143 Å². The second kappa shape index (κ2) is 8.50. The Kier molecular flexibility index (Phi) is 6.38. The number of hydrogen-bond donors (Lipinski definition) is 1. The number of rotatable bonds is 6. The molecule has 2 rings (SSSR count). The zero-order valence-corrected chi connectivity index (χ0v) is 14.1. The molecular formula is C17H16ClNO3S. The molecule has 0 saturated carbocycles. The van der Waals surface area contributed by atoms with Crippen molar-refractivity contribution in [2.45, 2.75) is 19.6 Å². The average Bonchev–Trinajstić information content (AvgIpc) is 3.05. The van der Waals surface area contributed by atoms with Gasteiger partial charge in [-0.25, -0.2) is 4.79 Å². The molecule has 1 N–H and O–H groups in total. The van der Waals surface area contributed by atoms with E-state index in [0.717, 1.165) is 10.4 Å². The Balaban J connectivity index is 1.80. The van der Waals surface area contributed by atoms with E-state index < -0.39 is 12.1 Å². The lowest BCUT2D eigenvalue weighted by Gasteiger charge is -2.12. The van der Waals surface area contributed by atoms with Gasteiger partial charge in [-0.15, -0.1) is 11.3 Å². The molecule has 0 aliphatic rings. The van der Waals surface area contributed by atoms with Crippen LogP contribution >= 0.6 is 22.9 Å². The number of thiophene rings is 1. The number of ether oxygens (including phenoxy) is 1. The van der Waals surface area contributed by atoms with Crippen LogP contribution in [0.5, 0.6) is 0 Å². The molecule has 4 nitrogen and oxygen atoms in total. The lowest BCUT2D eigenvalue weighted by molar-refractivity contribution is -0.150. The number of carbonyl (C=O) groups is 2. The van der Waals surface area contributed by atoms with Crippen LogP contribution < -0.4 is 5.32 Å². The largest absolute Gasteiger partial charge is 0.449 e. The first kappa shape index (κ1) is 17.2. The molecule has 0 aliphatic carbocycles. The van der Waals surface area contributed by atoms with Crippen LogP contribution in [0.2, 0.25) is 5.02 Å². The molecule has 120 valence electrons. The Morgan fingerprint density at radius 3 is 2.78 bits per heavy atom. The normalized spacial score (nSPS) is 12.1. The number of hydrogen-bond acceptors (Lipinski definition) is 4. The fourth-order valence-electron chi connectivity index (χ4n) is 1.77. The molecule has 0 fully saturated rings. The standard InChI is InChI=1S/C17H16ClNO3S/c1-12(22-16(20)9-8-14-6-4-10-23-14)17(21)19-11-13-5-2-3-7-15(13)18/h2-10,12H,11H2,1H3,(H,19,21)/b9-8+/t12-/m1/s1. The van der Waals surface area contributed by atoms with E-state index in [9.17, 15) is 9.59 Å². The van der Waals surface area contributed by atoms with Gasteiger partial charge in [-0.05, 0) is 36.1 Å². The number of nitrogens with one attached hydrogen (secondary N) is 1. The Hall–Kier alpha value is -2.11. The smallest absolute Gasteiger partial charge is 0.331 e. The maximum atomic E-state index is 11.9. The van der Waals surface area contributed by atoms with E-state index in [1.165, 1.54) is 24.3 Å². The van der Waals surface area contributed by atoms with Gasteiger partial charge in [0, 0.05) is 22.5 Å². The van der Waals surface area contributed by atoms with Gasteiger partial charge >= 0.3 is 5.97 Å². The molecule has 23 heavy (non-hydrogen) atoms. The molecule has 0 aliphatic heterocycles. The fourth-order valence-corrected chi connectivity index (χ4v) is 2.59. The molecule has 0 unspecified atom stereocenters. The number of amides is 1. The van der Waals surface area contributed by atoms with Crippen LogP contribution in [0.1, 0.15) is 17.4 Å². The van der Waals surface area contributed by atoms with E-state index in [1.54, 1.807) is 12.1 Å². The van der Waals surface area contributed by atoms with E-state index >= 15 is 0 Å². The minimum atomic E-state index is -0.877. The minimum Gasteiger partial charge on any atom is -0.449 e. The topological polar surface area (TPSA) is 55.4 Å². The third-order valence-corrected chi connectivity index (χ3v) is 4.21. The highest BCUT2D eigenvalue weighted by molar-refractivity contribution is 7.10. The van der Waals surface area contributed by atoms with Gasteiger partial charge in [0.2, 0.25) is 0 Å². The molecule has 1 amide bonds. The minimum absolute atomic E-state index is 0.283. The molecule has 6 heteroatoms. The maximum absolute atomic E-state index is 11.9. The van der Waals surface area contributed by atoms with Crippen molar-refractivity contribution in [1.29, 1.82) is 0 Å². The summed E-state index contributed by atoms with van der Waals surface area (Å²) in [6, 6.07) is 11.0. The molecular weight excluding hydrogens is 334 g/mol. The first-order chi connectivity index (χ1) is 11.1. The Morgan fingerprint density at radius 1 is 1.30 bits per heavy atom. The predicted octanol–water partition coefficient (Wildman–Crippen LogP) is 3.66. The zero-order chi connectivity index (χ0) is 16.7. The molecule has 0 spiro atoms. The van der Waals surface area contributed by atoms with E-state index in [2.05, 4.69) is 5.32 Å². The SMILES string of the molecule is C[C@@H](OC(=O)/C=C/c1cccs1)C(=O)NCc1ccccc1Cl. The number of carbonyl (C=O) groups excluding carboxylic acids is 2. The highest BCUT2D eigenvalue weighted by Gasteiger charge is 2.16. The first-order valence-corrected chi connectivity index (χ1v) is 8.25. The van der Waals surface area contributed by atoms with Crippen LogP contribution in [-0.2, 0) is 20.9 Å². The third kappa shape index (κ3) is 5.54. The molecule has 1 aromatic carbocycles. The summed E-state index contributed by atoms with van der Waals surface area (Å²) in [5.41, 5.74) is 0.804. The van der Waals surface area contributed by atoms with Crippen molar-refractivity contribution < 1.29 is 14.3 Å². The molecule has 1 heterocycles. The molecule has 1 aromatic heterocycles. The van der Waals surface area contributed by atoms with Crippen molar-refractivity contribution in [2.24, 2.45) is 0 Å². The van der Waals surface area contributed by atoms with Crippen LogP contribution in [0.25, 0.3) is 6.08 Å². The third-order valence-electron chi connectivity index (χ3n) is 3.00. The number of esters is 1. The highest BCUT2D eigenvalue weighted by Crippen LogP contribution is 2.14. The molecule has 0 saturated heterocycles. The first-order valence-electron chi connectivity index (χ1n) is 6.99. The maximum Gasteiger partial charge on any atom is 0.331 e. The summed E-state index contributed by atoms with van der Waals surface area (Å²) in [4.78, 5) is 24.6. The second-order valence-electron chi connectivity index (χ2n) is 4.74. The van der Waals surface area contributed by atoms with Gasteiger partial charge in [-0.3, -0.25) is 4.79 Å². The summed E-state index contributed by atoms with van der Waals surface area (Å²) in [6.45, 7) is 1.81. The van der Waals surface area contributed by atoms with E-state index in [-0.39, 0.29) is 12.5 Å². The molecule has 1 atom stereocenters. The summed E-state index contributed by atoms with van der Waals surface area (Å²) in [7, 11) is 0. The summed E-state index contributed by atoms with van der Waals surface area (Å²) in [5.74, 6) is -0.929. The molecule has 0 radical (unpaired) electrons. The molecule has 0 bridgehead atoms. The van der Waals surface area contributed by atoms with Crippen molar-refractivity contribution in [3.05, 3.63) is 63.3 Å². The summed E-state index contributed by atoms with van der Waals surface area (Å²) < 4.78 is 5.06. The molecule has 2 aromatic rings. The summed E-state index contributed by atoms with van der Waals surface area (Å²) in [6.07, 6.45) is 2.09. The summed E-state index contributed by atoms with van der Waals surface area (Å²) >= 11 is 7.53. The average molecular weight is 350 g/mol. The quantitative estimate of drug-likeness (QED) is 0.639. The van der Waals surface area contributed by atoms with Gasteiger partial charge < -0.3 is 10.1 Å². The van der Waals surface area contributed by atoms with Crippen molar-refractivity contribution >= 4 is 40.9 Å². The van der Waals surface area contributed by atoms with Crippen molar-refractivity contribution in [3.8, 4) is 0 Å². The monoisotopic (exact) mass is 349 g/mol. The van der Waals surface area contributed by atoms with Gasteiger partial charge in [0.25, 0.3) is 5.91 Å². The lowest BCUT2D eigenvalue weighted by atomic mass is 10.2. The predicted molar refractivity (Wildman–Crippen MR) is 92.2 cm³/mol. The van der Waals surface area contributed by atoms with Crippen molar-refractivity contribution in [2.75, 3.05) is 0 Å². The van der Waals surface area contributed by atoms with Gasteiger partial charge in [0.05, 0.1) is 0 Å². The van der Waals surface area contributed by atoms with Gasteiger partial charge in [-0.1, -0.05) is 35.9 Å². The summed E-state index contributed by atoms with van der Waals surface area (Å²) in [5, 5.41) is 5.18. The van der Waals surface area contributed by atoms with Crippen LogP contribution in [0.3, 0.4) is 0 Å². The Morgan fingerprint density at radius 2 is 2.09 bits per heavy atom. The van der Waals surface area contributed by atoms with Crippen LogP contribution in [0.4, 0.5) is 0 Å². The van der Waals surface area contributed by atoms with Crippen molar-refractivity contribution in [3.63, 3.8) is 0 Å². The van der Waals surface area contributed by atoms with Gasteiger partial charge in [0.15, 0.2) is 6.10 Å². The van der Waals surface area contributed by atoms with E-state index in [0.29, 0.717) is 5.02 Å². The van der Waals surface area contributed by atoms with Crippen LogP contribution in [0, 0.1) is 0 Å².